The molecule has 2 amide bonds. The molecule has 7 heteroatoms. The summed E-state index contributed by atoms with van der Waals surface area (Å²) < 4.78 is 5.26. The number of para-hydroxylation sites is 1. The maximum atomic E-state index is 12.7. The maximum Gasteiger partial charge on any atom is 0.326 e. The number of esters is 1. The minimum absolute atomic E-state index is 0.0348. The molecule has 6 nitrogen and oxygen atoms in total. The zero-order valence-corrected chi connectivity index (χ0v) is 14.5. The van der Waals surface area contributed by atoms with Crippen molar-refractivity contribution < 1.29 is 19.1 Å². The molecule has 2 heterocycles. The lowest BCUT2D eigenvalue weighted by atomic mass is 10.1. The predicted molar refractivity (Wildman–Crippen MR) is 92.1 cm³/mol. The first-order chi connectivity index (χ1) is 11.5. The Morgan fingerprint density at radius 2 is 2.12 bits per heavy atom. The summed E-state index contributed by atoms with van der Waals surface area (Å²) in [7, 11) is 0. The van der Waals surface area contributed by atoms with Crippen LogP contribution in [-0.2, 0) is 20.7 Å². The highest BCUT2D eigenvalue weighted by Gasteiger charge is 2.35. The van der Waals surface area contributed by atoms with Crippen LogP contribution in [0.5, 0.6) is 0 Å². The number of carbonyl (C=O) groups is 3. The number of ether oxygens (including phenoxy) is 1. The van der Waals surface area contributed by atoms with Crippen LogP contribution in [-0.4, -0.2) is 53.0 Å². The number of hydrogen-bond donors (Lipinski definition) is 0. The number of nitrogens with zero attached hydrogens (tertiary/aromatic N) is 2. The lowest BCUT2D eigenvalue weighted by molar-refractivity contribution is -0.154. The first-order valence-corrected chi connectivity index (χ1v) is 8.98. The van der Waals surface area contributed by atoms with Gasteiger partial charge in [0.05, 0.1) is 0 Å². The molecule has 3 rings (SSSR count). The van der Waals surface area contributed by atoms with E-state index in [0.29, 0.717) is 12.3 Å². The van der Waals surface area contributed by atoms with Gasteiger partial charge in [0.15, 0.2) is 6.10 Å². The van der Waals surface area contributed by atoms with Crippen molar-refractivity contribution in [3.05, 3.63) is 29.8 Å². The van der Waals surface area contributed by atoms with Crippen molar-refractivity contribution in [2.75, 3.05) is 23.7 Å². The summed E-state index contributed by atoms with van der Waals surface area (Å²) in [6.07, 6.45) is -0.0845. The van der Waals surface area contributed by atoms with E-state index in [2.05, 4.69) is 0 Å². The smallest absolute Gasteiger partial charge is 0.326 e. The number of fused-ring (bicyclic) bond motifs is 1. The quantitative estimate of drug-likeness (QED) is 0.779. The molecule has 1 saturated heterocycles. The standard InChI is InChI=1S/C17H20N2O4S/c1-11-9-13-5-3-4-6-14(13)19(11)16(21)12(2)23-15(20)10-18-7-8-24-17(18)22/h3-6,11-12H,7-10H2,1-2H3/t11-,12-/m0/s1. The fourth-order valence-corrected chi connectivity index (χ4v) is 3.93. The second-order valence-electron chi connectivity index (χ2n) is 6.06. The molecule has 0 bridgehead atoms. The third kappa shape index (κ3) is 3.26. The van der Waals surface area contributed by atoms with E-state index < -0.39 is 12.1 Å². The van der Waals surface area contributed by atoms with Crippen LogP contribution >= 0.6 is 11.8 Å². The van der Waals surface area contributed by atoms with Gasteiger partial charge in [-0.2, -0.15) is 0 Å². The van der Waals surface area contributed by atoms with Gasteiger partial charge in [-0.3, -0.25) is 14.4 Å². The van der Waals surface area contributed by atoms with Crippen molar-refractivity contribution in [1.29, 1.82) is 0 Å². The molecule has 2 aliphatic heterocycles. The number of hydrogen-bond acceptors (Lipinski definition) is 5. The van der Waals surface area contributed by atoms with Crippen molar-refractivity contribution >= 4 is 34.6 Å². The highest BCUT2D eigenvalue weighted by molar-refractivity contribution is 8.13. The zero-order chi connectivity index (χ0) is 17.3. The van der Waals surface area contributed by atoms with E-state index in [-0.39, 0.29) is 23.7 Å². The first kappa shape index (κ1) is 16.8. The normalized spacial score (nSPS) is 20.9. The highest BCUT2D eigenvalue weighted by Crippen LogP contribution is 2.32. The predicted octanol–water partition coefficient (Wildman–Crippen LogP) is 2.06. The van der Waals surface area contributed by atoms with Gasteiger partial charge in [-0.05, 0) is 31.9 Å². The van der Waals surface area contributed by atoms with E-state index in [4.69, 9.17) is 4.74 Å². The Labute approximate surface area is 145 Å². The van der Waals surface area contributed by atoms with Crippen molar-refractivity contribution in [2.24, 2.45) is 0 Å². The van der Waals surface area contributed by atoms with E-state index in [0.717, 1.165) is 17.7 Å². The first-order valence-electron chi connectivity index (χ1n) is 7.99. The van der Waals surface area contributed by atoms with Crippen molar-refractivity contribution in [2.45, 2.75) is 32.4 Å². The molecule has 0 saturated carbocycles. The van der Waals surface area contributed by atoms with Crippen molar-refractivity contribution in [3.63, 3.8) is 0 Å². The summed E-state index contributed by atoms with van der Waals surface area (Å²) in [6, 6.07) is 7.80. The minimum Gasteiger partial charge on any atom is -0.451 e. The summed E-state index contributed by atoms with van der Waals surface area (Å²) in [5.74, 6) is -0.0994. The van der Waals surface area contributed by atoms with Gasteiger partial charge in [0.25, 0.3) is 11.1 Å². The molecule has 0 unspecified atom stereocenters. The molecule has 0 aromatic heterocycles. The van der Waals surface area contributed by atoms with Crippen molar-refractivity contribution in [1.82, 2.24) is 4.90 Å². The molecular weight excluding hydrogens is 328 g/mol. The van der Waals surface area contributed by atoms with Crippen LogP contribution in [0.2, 0.25) is 0 Å². The number of benzene rings is 1. The lowest BCUT2D eigenvalue weighted by Crippen LogP contribution is -2.44. The second kappa shape index (κ2) is 6.84. The Bertz CT molecular complexity index is 678. The summed E-state index contributed by atoms with van der Waals surface area (Å²) in [4.78, 5) is 39.4. The van der Waals surface area contributed by atoms with Crippen LogP contribution in [0.1, 0.15) is 19.4 Å². The Morgan fingerprint density at radius 1 is 1.38 bits per heavy atom. The fraction of sp³-hybridized carbons (Fsp3) is 0.471. The third-order valence-electron chi connectivity index (χ3n) is 4.27. The molecular formula is C17H20N2O4S. The average molecular weight is 348 g/mol. The number of thioether (sulfide) groups is 1. The molecule has 1 aromatic rings. The Morgan fingerprint density at radius 3 is 2.83 bits per heavy atom. The summed E-state index contributed by atoms with van der Waals surface area (Å²) in [5.41, 5.74) is 2.00. The van der Waals surface area contributed by atoms with Gasteiger partial charge in [0.1, 0.15) is 6.54 Å². The van der Waals surface area contributed by atoms with Crippen LogP contribution in [0.4, 0.5) is 10.5 Å². The number of amides is 2. The summed E-state index contributed by atoms with van der Waals surface area (Å²) in [5, 5.41) is -0.118. The average Bonchev–Trinajstić information content (AvgIpc) is 3.09. The molecule has 0 N–H and O–H groups in total. The number of carbonyl (C=O) groups excluding carboxylic acids is 3. The lowest BCUT2D eigenvalue weighted by Gasteiger charge is -2.26. The monoisotopic (exact) mass is 348 g/mol. The van der Waals surface area contributed by atoms with E-state index in [1.165, 1.54) is 16.7 Å². The van der Waals surface area contributed by atoms with Gasteiger partial charge in [-0.25, -0.2) is 0 Å². The summed E-state index contributed by atoms with van der Waals surface area (Å²) >= 11 is 1.19. The molecule has 24 heavy (non-hydrogen) atoms. The van der Waals surface area contributed by atoms with E-state index in [9.17, 15) is 14.4 Å². The molecule has 0 aliphatic carbocycles. The summed E-state index contributed by atoms with van der Waals surface area (Å²) in [6.45, 7) is 3.99. The second-order valence-corrected chi connectivity index (χ2v) is 7.10. The molecule has 128 valence electrons. The molecule has 1 aromatic carbocycles. The molecule has 0 radical (unpaired) electrons. The maximum absolute atomic E-state index is 12.7. The molecule has 2 aliphatic rings. The Balaban J connectivity index is 1.62. The SMILES string of the molecule is C[C@H](OC(=O)CN1CCSC1=O)C(=O)N1c2ccccc2C[C@@H]1C. The fourth-order valence-electron chi connectivity index (χ4n) is 3.11. The van der Waals surface area contributed by atoms with Crippen LogP contribution in [0.3, 0.4) is 0 Å². The minimum atomic E-state index is -0.878. The zero-order valence-electron chi connectivity index (χ0n) is 13.7. The van der Waals surface area contributed by atoms with Gasteiger partial charge in [0, 0.05) is 24.0 Å². The molecule has 0 spiro atoms. The Kier molecular flexibility index (Phi) is 4.80. The third-order valence-corrected chi connectivity index (χ3v) is 5.16. The Hall–Kier alpha value is -2.02. The number of anilines is 1. The van der Waals surface area contributed by atoms with Crippen LogP contribution in [0.25, 0.3) is 0 Å². The topological polar surface area (TPSA) is 66.9 Å². The number of rotatable bonds is 4. The van der Waals surface area contributed by atoms with E-state index >= 15 is 0 Å². The molecule has 1 fully saturated rings. The van der Waals surface area contributed by atoms with Crippen LogP contribution in [0, 0.1) is 0 Å². The molecule has 2 atom stereocenters. The van der Waals surface area contributed by atoms with Gasteiger partial charge >= 0.3 is 5.97 Å². The van der Waals surface area contributed by atoms with E-state index in [1.54, 1.807) is 11.8 Å². The van der Waals surface area contributed by atoms with Crippen molar-refractivity contribution in [3.8, 4) is 0 Å². The van der Waals surface area contributed by atoms with Crippen LogP contribution < -0.4 is 4.90 Å². The highest BCUT2D eigenvalue weighted by atomic mass is 32.2. The largest absolute Gasteiger partial charge is 0.451 e. The van der Waals surface area contributed by atoms with Gasteiger partial charge < -0.3 is 14.5 Å². The van der Waals surface area contributed by atoms with Gasteiger partial charge in [-0.1, -0.05) is 30.0 Å². The van der Waals surface area contributed by atoms with Crippen LogP contribution in [0.15, 0.2) is 24.3 Å². The van der Waals surface area contributed by atoms with Gasteiger partial charge in [0.2, 0.25) is 0 Å². The van der Waals surface area contributed by atoms with E-state index in [1.807, 2.05) is 31.2 Å². The van der Waals surface area contributed by atoms with Gasteiger partial charge in [-0.15, -0.1) is 0 Å².